The average molecular weight is 136 g/mol. The van der Waals surface area contributed by atoms with Crippen LogP contribution in [0.5, 0.6) is 0 Å². The maximum atomic E-state index is 7.22. The molecule has 0 aliphatic carbocycles. The van der Waals surface area contributed by atoms with Crippen LogP contribution >= 0.6 is 0 Å². The Kier molecular flexibility index (Phi) is 4.12. The summed E-state index contributed by atoms with van der Waals surface area (Å²) in [5, 5.41) is 14.3. The quantitative estimate of drug-likeness (QED) is 0.556. The van der Waals surface area contributed by atoms with Crippen LogP contribution in [0.25, 0.3) is 0 Å². The minimum Gasteiger partial charge on any atom is -0.299 e. The van der Waals surface area contributed by atoms with Gasteiger partial charge >= 0.3 is 0 Å². The van der Waals surface area contributed by atoms with Gasteiger partial charge in [0.15, 0.2) is 0 Å². The number of hydrogen-bond acceptors (Lipinski definition) is 2. The molecule has 2 N–H and O–H groups in total. The maximum absolute atomic E-state index is 7.22. The molecule has 0 aliphatic rings. The smallest absolute Gasteiger partial charge is 0.0785 e. The van der Waals surface area contributed by atoms with E-state index in [4.69, 9.17) is 10.8 Å². The third-order valence-electron chi connectivity index (χ3n) is 1.01. The van der Waals surface area contributed by atoms with Gasteiger partial charge in [0.2, 0.25) is 0 Å². The van der Waals surface area contributed by atoms with Crippen LogP contribution in [0.1, 0.15) is 13.3 Å². The molecule has 0 aromatic carbocycles. The zero-order chi connectivity index (χ0) is 7.98. The van der Waals surface area contributed by atoms with E-state index in [1.807, 2.05) is 13.0 Å². The summed E-state index contributed by atoms with van der Waals surface area (Å²) in [6.07, 6.45) is 5.72. The summed E-state index contributed by atoms with van der Waals surface area (Å²) in [6, 6.07) is 0. The van der Waals surface area contributed by atoms with Crippen LogP contribution in [0.2, 0.25) is 0 Å². The molecule has 2 nitrogen and oxygen atoms in total. The predicted octanol–water partition coefficient (Wildman–Crippen LogP) is 2.18. The minimum absolute atomic E-state index is 0.171. The molecule has 0 atom stereocenters. The fourth-order valence-corrected chi connectivity index (χ4v) is 0.435. The fourth-order valence-electron chi connectivity index (χ4n) is 0.435. The van der Waals surface area contributed by atoms with Crippen molar-refractivity contribution in [2.75, 3.05) is 0 Å². The highest BCUT2D eigenvalue weighted by atomic mass is 14.5. The summed E-state index contributed by atoms with van der Waals surface area (Å²) in [5.74, 6) is 0. The van der Waals surface area contributed by atoms with Crippen molar-refractivity contribution in [2.45, 2.75) is 13.3 Å². The summed E-state index contributed by atoms with van der Waals surface area (Å²) >= 11 is 0. The first kappa shape index (κ1) is 8.82. The van der Waals surface area contributed by atoms with E-state index >= 15 is 0 Å². The van der Waals surface area contributed by atoms with Crippen molar-refractivity contribution >= 4 is 11.4 Å². The monoisotopic (exact) mass is 136 g/mol. The molecule has 0 rings (SSSR count). The van der Waals surface area contributed by atoms with Crippen LogP contribution in [0.15, 0.2) is 24.8 Å². The van der Waals surface area contributed by atoms with Crippen LogP contribution < -0.4 is 0 Å². The van der Waals surface area contributed by atoms with E-state index in [2.05, 4.69) is 6.58 Å². The van der Waals surface area contributed by atoms with Gasteiger partial charge in [-0.2, -0.15) is 0 Å². The highest BCUT2D eigenvalue weighted by Gasteiger charge is 1.92. The topological polar surface area (TPSA) is 47.7 Å². The van der Waals surface area contributed by atoms with Gasteiger partial charge in [-0.3, -0.25) is 10.8 Å². The minimum atomic E-state index is 0.171. The Balaban J connectivity index is 3.97. The molecule has 0 bridgehead atoms. The molecule has 0 fully saturated rings. The number of allylic oxidation sites excluding steroid dienone is 3. The van der Waals surface area contributed by atoms with Crippen molar-refractivity contribution in [3.63, 3.8) is 0 Å². The molecule has 0 unspecified atom stereocenters. The SMILES string of the molecule is C=CC(=N)C(=N)/C=C\CC. The molecule has 10 heavy (non-hydrogen) atoms. The zero-order valence-electron chi connectivity index (χ0n) is 6.15. The lowest BCUT2D eigenvalue weighted by Gasteiger charge is -1.90. The largest absolute Gasteiger partial charge is 0.299 e. The van der Waals surface area contributed by atoms with Crippen molar-refractivity contribution in [3.8, 4) is 0 Å². The van der Waals surface area contributed by atoms with Gasteiger partial charge in [-0.05, 0) is 18.6 Å². The lowest BCUT2D eigenvalue weighted by molar-refractivity contribution is 1.23. The van der Waals surface area contributed by atoms with Crippen molar-refractivity contribution in [1.82, 2.24) is 0 Å². The molecule has 2 heteroatoms. The second-order valence-corrected chi connectivity index (χ2v) is 1.84. The lowest BCUT2D eigenvalue weighted by atomic mass is 10.2. The van der Waals surface area contributed by atoms with Crippen molar-refractivity contribution < 1.29 is 0 Å². The molecule has 0 saturated carbocycles. The molecule has 0 heterocycles. The van der Waals surface area contributed by atoms with Crippen molar-refractivity contribution in [2.24, 2.45) is 0 Å². The first-order valence-corrected chi connectivity index (χ1v) is 3.18. The van der Waals surface area contributed by atoms with E-state index in [0.717, 1.165) is 6.42 Å². The van der Waals surface area contributed by atoms with Crippen LogP contribution in [0, 0.1) is 10.8 Å². The van der Waals surface area contributed by atoms with E-state index in [1.54, 1.807) is 6.08 Å². The van der Waals surface area contributed by atoms with Gasteiger partial charge in [-0.1, -0.05) is 19.6 Å². The summed E-state index contributed by atoms with van der Waals surface area (Å²) in [7, 11) is 0. The molecular formula is C8H12N2. The third-order valence-corrected chi connectivity index (χ3v) is 1.01. The summed E-state index contributed by atoms with van der Waals surface area (Å²) < 4.78 is 0. The Morgan fingerprint density at radius 3 is 2.40 bits per heavy atom. The maximum Gasteiger partial charge on any atom is 0.0785 e. The van der Waals surface area contributed by atoms with E-state index in [0.29, 0.717) is 0 Å². The van der Waals surface area contributed by atoms with Crippen LogP contribution in [-0.2, 0) is 0 Å². The van der Waals surface area contributed by atoms with E-state index in [9.17, 15) is 0 Å². The Morgan fingerprint density at radius 2 is 2.00 bits per heavy atom. The normalized spacial score (nSPS) is 9.70. The Morgan fingerprint density at radius 1 is 1.40 bits per heavy atom. The number of hydrogen-bond donors (Lipinski definition) is 2. The van der Waals surface area contributed by atoms with Crippen LogP contribution in [-0.4, -0.2) is 11.4 Å². The van der Waals surface area contributed by atoms with Crippen LogP contribution in [0.3, 0.4) is 0 Å². The Labute approximate surface area is 61.3 Å². The molecule has 0 spiro atoms. The Hall–Kier alpha value is -1.18. The fraction of sp³-hybridized carbons (Fsp3) is 0.250. The second kappa shape index (κ2) is 4.68. The van der Waals surface area contributed by atoms with Crippen molar-refractivity contribution in [1.29, 1.82) is 10.8 Å². The van der Waals surface area contributed by atoms with E-state index in [-0.39, 0.29) is 11.4 Å². The van der Waals surface area contributed by atoms with Crippen LogP contribution in [0.4, 0.5) is 0 Å². The lowest BCUT2D eigenvalue weighted by Crippen LogP contribution is -2.03. The third kappa shape index (κ3) is 2.97. The average Bonchev–Trinajstić information content (AvgIpc) is 1.98. The zero-order valence-corrected chi connectivity index (χ0v) is 6.15. The van der Waals surface area contributed by atoms with Gasteiger partial charge in [-0.15, -0.1) is 0 Å². The standard InChI is InChI=1S/C8H12N2/c1-3-5-6-8(10)7(9)4-2/h4-6,9-10H,2-3H2,1H3/b6-5-,9-7?,10-8?. The second-order valence-electron chi connectivity index (χ2n) is 1.84. The molecule has 0 aromatic rings. The molecule has 0 aromatic heterocycles. The predicted molar refractivity (Wildman–Crippen MR) is 45.1 cm³/mol. The summed E-state index contributed by atoms with van der Waals surface area (Å²) in [6.45, 7) is 5.38. The van der Waals surface area contributed by atoms with E-state index < -0.39 is 0 Å². The van der Waals surface area contributed by atoms with Gasteiger partial charge in [0.25, 0.3) is 0 Å². The molecule has 0 amide bonds. The first-order chi connectivity index (χ1) is 4.72. The summed E-state index contributed by atoms with van der Waals surface area (Å²) in [5.41, 5.74) is 0.390. The first-order valence-electron chi connectivity index (χ1n) is 3.18. The van der Waals surface area contributed by atoms with Gasteiger partial charge in [0.1, 0.15) is 0 Å². The highest BCUT2D eigenvalue weighted by molar-refractivity contribution is 6.47. The van der Waals surface area contributed by atoms with Crippen molar-refractivity contribution in [3.05, 3.63) is 24.8 Å². The molecule has 0 saturated heterocycles. The van der Waals surface area contributed by atoms with E-state index in [1.165, 1.54) is 6.08 Å². The molecule has 0 radical (unpaired) electrons. The Bertz CT molecular complexity index is 178. The molecule has 54 valence electrons. The van der Waals surface area contributed by atoms with Gasteiger partial charge in [0, 0.05) is 0 Å². The number of rotatable bonds is 4. The molecular weight excluding hydrogens is 124 g/mol. The highest BCUT2D eigenvalue weighted by Crippen LogP contribution is 1.85. The van der Waals surface area contributed by atoms with Gasteiger partial charge < -0.3 is 0 Å². The van der Waals surface area contributed by atoms with Gasteiger partial charge in [0.05, 0.1) is 11.4 Å². The van der Waals surface area contributed by atoms with Gasteiger partial charge in [-0.25, -0.2) is 0 Å². The molecule has 0 aliphatic heterocycles. The number of nitrogens with one attached hydrogen (secondary N) is 2. The summed E-state index contributed by atoms with van der Waals surface area (Å²) in [4.78, 5) is 0.